The van der Waals surface area contributed by atoms with Gasteiger partial charge in [0.15, 0.2) is 0 Å². The molecule has 6 nitrogen and oxygen atoms in total. The van der Waals surface area contributed by atoms with Crippen molar-refractivity contribution in [3.8, 4) is 0 Å². The minimum Gasteiger partial charge on any atom is -0.444 e. The lowest BCUT2D eigenvalue weighted by Crippen LogP contribution is -2.44. The van der Waals surface area contributed by atoms with Crippen LogP contribution in [0.25, 0.3) is 0 Å². The van der Waals surface area contributed by atoms with Crippen LogP contribution in [0.15, 0.2) is 16.7 Å². The van der Waals surface area contributed by atoms with Crippen LogP contribution in [-0.4, -0.2) is 45.5 Å². The third-order valence-corrected chi connectivity index (χ3v) is 4.35. The summed E-state index contributed by atoms with van der Waals surface area (Å²) in [5, 5.41) is 4.53. The van der Waals surface area contributed by atoms with E-state index in [2.05, 4.69) is 48.7 Å². The number of rotatable bonds is 4. The number of aromatic nitrogens is 3. The Labute approximate surface area is 143 Å². The summed E-state index contributed by atoms with van der Waals surface area (Å²) in [5.41, 5.74) is 2.22. The Morgan fingerprint density at radius 3 is 2.71 bits per heavy atom. The quantitative estimate of drug-likeness (QED) is 0.861. The first-order valence-electron chi connectivity index (χ1n) is 8.61. The lowest BCUT2D eigenvalue weighted by atomic mass is 9.94. The zero-order valence-electron chi connectivity index (χ0n) is 15.4. The van der Waals surface area contributed by atoms with E-state index in [4.69, 9.17) is 9.15 Å². The van der Waals surface area contributed by atoms with Gasteiger partial charge in [0.25, 0.3) is 0 Å². The Kier molecular flexibility index (Phi) is 4.78. The number of aryl methyl sites for hydroxylation is 2. The fraction of sp³-hybridized carbons (Fsp3) is 0.667. The monoisotopic (exact) mass is 332 g/mol. The van der Waals surface area contributed by atoms with Crippen LogP contribution >= 0.6 is 0 Å². The molecule has 1 atom stereocenters. The van der Waals surface area contributed by atoms with Gasteiger partial charge in [-0.3, -0.25) is 9.58 Å². The van der Waals surface area contributed by atoms with Crippen LogP contribution in [-0.2, 0) is 23.2 Å². The zero-order valence-corrected chi connectivity index (χ0v) is 15.4. The maximum atomic E-state index is 5.92. The molecule has 0 amide bonds. The van der Waals surface area contributed by atoms with Crippen molar-refractivity contribution in [1.29, 1.82) is 0 Å². The molecule has 1 saturated heterocycles. The van der Waals surface area contributed by atoms with Gasteiger partial charge < -0.3 is 9.15 Å². The number of oxazole rings is 1. The summed E-state index contributed by atoms with van der Waals surface area (Å²) in [6.45, 7) is 14.5. The van der Waals surface area contributed by atoms with Crippen molar-refractivity contribution in [3.05, 3.63) is 35.3 Å². The molecule has 132 valence electrons. The minimum atomic E-state index is -0.00568. The molecule has 1 aliphatic rings. The molecule has 0 radical (unpaired) electrons. The lowest BCUT2D eigenvalue weighted by Gasteiger charge is -2.32. The van der Waals surface area contributed by atoms with Gasteiger partial charge in [0, 0.05) is 24.2 Å². The van der Waals surface area contributed by atoms with E-state index < -0.39 is 0 Å². The van der Waals surface area contributed by atoms with Gasteiger partial charge in [-0.1, -0.05) is 20.8 Å². The topological polar surface area (TPSA) is 56.3 Å². The Hall–Kier alpha value is -1.66. The maximum Gasteiger partial charge on any atom is 0.208 e. The largest absolute Gasteiger partial charge is 0.444 e. The highest BCUT2D eigenvalue weighted by molar-refractivity contribution is 5.07. The van der Waals surface area contributed by atoms with E-state index in [9.17, 15) is 0 Å². The normalized spacial score (nSPS) is 19.8. The number of hydrogen-bond acceptors (Lipinski definition) is 5. The van der Waals surface area contributed by atoms with Gasteiger partial charge in [0.05, 0.1) is 37.7 Å². The van der Waals surface area contributed by atoms with E-state index in [1.807, 2.05) is 17.8 Å². The predicted molar refractivity (Wildman–Crippen MR) is 91.9 cm³/mol. The molecule has 0 aromatic carbocycles. The molecule has 0 aliphatic carbocycles. The van der Waals surface area contributed by atoms with Gasteiger partial charge in [0.2, 0.25) is 5.89 Å². The first-order valence-corrected chi connectivity index (χ1v) is 8.61. The maximum absolute atomic E-state index is 5.92. The van der Waals surface area contributed by atoms with Crippen molar-refractivity contribution in [2.45, 2.75) is 59.2 Å². The minimum absolute atomic E-state index is 0.00568. The third-order valence-electron chi connectivity index (χ3n) is 4.35. The summed E-state index contributed by atoms with van der Waals surface area (Å²) in [6.07, 6.45) is 2.00. The van der Waals surface area contributed by atoms with E-state index in [1.54, 1.807) is 0 Å². The fourth-order valence-electron chi connectivity index (χ4n) is 3.01. The summed E-state index contributed by atoms with van der Waals surface area (Å²) >= 11 is 0. The van der Waals surface area contributed by atoms with Crippen LogP contribution in [0.2, 0.25) is 0 Å². The van der Waals surface area contributed by atoms with Crippen LogP contribution in [0.5, 0.6) is 0 Å². The number of nitrogens with zero attached hydrogens (tertiary/aromatic N) is 4. The van der Waals surface area contributed by atoms with E-state index in [0.717, 1.165) is 50.1 Å². The highest BCUT2D eigenvalue weighted by atomic mass is 16.5. The first kappa shape index (κ1) is 17.2. The Morgan fingerprint density at radius 2 is 2.08 bits per heavy atom. The second-order valence-corrected chi connectivity index (χ2v) is 7.71. The van der Waals surface area contributed by atoms with Crippen LogP contribution in [0.4, 0.5) is 0 Å². The molecule has 3 heterocycles. The second-order valence-electron chi connectivity index (χ2n) is 7.71. The highest BCUT2D eigenvalue weighted by Crippen LogP contribution is 2.23. The molecule has 2 aromatic rings. The molecule has 0 bridgehead atoms. The Morgan fingerprint density at radius 1 is 1.29 bits per heavy atom. The van der Waals surface area contributed by atoms with Crippen LogP contribution in [0.1, 0.15) is 43.8 Å². The molecule has 0 N–H and O–H groups in total. The van der Waals surface area contributed by atoms with Gasteiger partial charge in [-0.15, -0.1) is 0 Å². The van der Waals surface area contributed by atoms with Crippen LogP contribution in [0.3, 0.4) is 0 Å². The predicted octanol–water partition coefficient (Wildman–Crippen LogP) is 2.69. The number of morpholine rings is 1. The zero-order chi connectivity index (χ0) is 17.3. The SMILES string of the molecule is Cc1cc(C)n(C[C@H]2CN(Cc3ncc(C(C)(C)C)o3)CCO2)n1. The van der Waals surface area contributed by atoms with Gasteiger partial charge >= 0.3 is 0 Å². The lowest BCUT2D eigenvalue weighted by molar-refractivity contribution is -0.0426. The average Bonchev–Trinajstić information content (AvgIpc) is 3.06. The summed E-state index contributed by atoms with van der Waals surface area (Å²) < 4.78 is 13.9. The van der Waals surface area contributed by atoms with Gasteiger partial charge in [0.1, 0.15) is 5.76 Å². The standard InChI is InChI=1S/C18H28N4O2/c1-13-8-14(2)22(20-13)11-15-10-21(6-7-23-15)12-17-19-9-16(24-17)18(3,4)5/h8-9,15H,6-7,10-12H2,1-5H3/t15-/m1/s1. The molecule has 0 unspecified atom stereocenters. The van der Waals surface area contributed by atoms with Crippen LogP contribution in [0, 0.1) is 13.8 Å². The molecule has 2 aromatic heterocycles. The fourth-order valence-corrected chi connectivity index (χ4v) is 3.01. The number of hydrogen-bond donors (Lipinski definition) is 0. The third kappa shape index (κ3) is 4.05. The molecule has 1 aliphatic heterocycles. The van der Waals surface area contributed by atoms with Crippen molar-refractivity contribution in [1.82, 2.24) is 19.7 Å². The van der Waals surface area contributed by atoms with Crippen molar-refractivity contribution in [2.24, 2.45) is 0 Å². The van der Waals surface area contributed by atoms with Gasteiger partial charge in [-0.25, -0.2) is 4.98 Å². The van der Waals surface area contributed by atoms with E-state index >= 15 is 0 Å². The molecule has 0 saturated carbocycles. The molecule has 1 fully saturated rings. The molecular weight excluding hydrogens is 304 g/mol. The molecule has 0 spiro atoms. The van der Waals surface area contributed by atoms with E-state index in [0.29, 0.717) is 0 Å². The van der Waals surface area contributed by atoms with Crippen molar-refractivity contribution in [3.63, 3.8) is 0 Å². The van der Waals surface area contributed by atoms with Crippen molar-refractivity contribution >= 4 is 0 Å². The summed E-state index contributed by atoms with van der Waals surface area (Å²) in [5.74, 6) is 1.72. The molecule has 3 rings (SSSR count). The van der Waals surface area contributed by atoms with Crippen molar-refractivity contribution < 1.29 is 9.15 Å². The van der Waals surface area contributed by atoms with E-state index in [1.165, 1.54) is 5.69 Å². The smallest absolute Gasteiger partial charge is 0.208 e. The van der Waals surface area contributed by atoms with Gasteiger partial charge in [-0.2, -0.15) is 5.10 Å². The molecule has 24 heavy (non-hydrogen) atoms. The molecule has 6 heteroatoms. The molecular formula is C18H28N4O2. The van der Waals surface area contributed by atoms with Crippen molar-refractivity contribution in [2.75, 3.05) is 19.7 Å². The van der Waals surface area contributed by atoms with Crippen LogP contribution < -0.4 is 0 Å². The average molecular weight is 332 g/mol. The van der Waals surface area contributed by atoms with Gasteiger partial charge in [-0.05, 0) is 19.9 Å². The highest BCUT2D eigenvalue weighted by Gasteiger charge is 2.24. The summed E-state index contributed by atoms with van der Waals surface area (Å²) in [4.78, 5) is 6.78. The second kappa shape index (κ2) is 6.69. The summed E-state index contributed by atoms with van der Waals surface area (Å²) in [6, 6.07) is 2.10. The van der Waals surface area contributed by atoms with E-state index in [-0.39, 0.29) is 11.5 Å². The first-order chi connectivity index (χ1) is 11.3. The Bertz CT molecular complexity index is 683. The summed E-state index contributed by atoms with van der Waals surface area (Å²) in [7, 11) is 0. The Balaban J connectivity index is 1.59. The number of ether oxygens (including phenoxy) is 1.